The summed E-state index contributed by atoms with van der Waals surface area (Å²) in [6, 6.07) is 0. The second-order valence-corrected chi connectivity index (χ2v) is 5.18. The predicted molar refractivity (Wildman–Crippen MR) is 72.0 cm³/mol. The summed E-state index contributed by atoms with van der Waals surface area (Å²) in [5.74, 6) is 0.549. The number of rotatable bonds is 6. The van der Waals surface area contributed by atoms with Crippen molar-refractivity contribution in [2.75, 3.05) is 33.2 Å². The zero-order valence-corrected chi connectivity index (χ0v) is 11.7. The molecule has 0 unspecified atom stereocenters. The highest BCUT2D eigenvalue weighted by Gasteiger charge is 2.19. The minimum atomic E-state index is 0.223. The summed E-state index contributed by atoms with van der Waals surface area (Å²) >= 11 is 0. The third kappa shape index (κ3) is 4.66. The normalized spacial score (nSPS) is 17.4. The second-order valence-electron chi connectivity index (χ2n) is 5.18. The van der Waals surface area contributed by atoms with Gasteiger partial charge < -0.3 is 9.80 Å². The number of likely N-dealkylation sites (tertiary alicyclic amines) is 1. The summed E-state index contributed by atoms with van der Waals surface area (Å²) in [4.78, 5) is 16.5. The molecule has 0 radical (unpaired) electrons. The largest absolute Gasteiger partial charge is 0.344 e. The number of carbonyl (C=O) groups is 1. The van der Waals surface area contributed by atoms with Gasteiger partial charge in [-0.2, -0.15) is 0 Å². The van der Waals surface area contributed by atoms with Gasteiger partial charge in [0.25, 0.3) is 0 Å². The van der Waals surface area contributed by atoms with Crippen molar-refractivity contribution in [1.82, 2.24) is 9.80 Å². The number of hydrogen-bond donors (Lipinski definition) is 0. The van der Waals surface area contributed by atoms with E-state index in [1.54, 1.807) is 0 Å². The Balaban J connectivity index is 2.27. The van der Waals surface area contributed by atoms with Crippen LogP contribution < -0.4 is 0 Å². The van der Waals surface area contributed by atoms with E-state index >= 15 is 0 Å². The van der Waals surface area contributed by atoms with Crippen molar-refractivity contribution in [3.8, 4) is 0 Å². The summed E-state index contributed by atoms with van der Waals surface area (Å²) in [5.41, 5.74) is 0. The molecule has 1 saturated heterocycles. The maximum absolute atomic E-state index is 12.1. The summed E-state index contributed by atoms with van der Waals surface area (Å²) in [6.45, 7) is 8.56. The monoisotopic (exact) mass is 240 g/mol. The minimum Gasteiger partial charge on any atom is -0.344 e. The molecule has 1 amide bonds. The number of likely N-dealkylation sites (N-methyl/N-ethyl adjacent to an activating group) is 1. The lowest BCUT2D eigenvalue weighted by atomic mass is 10.0. The highest BCUT2D eigenvalue weighted by molar-refractivity contribution is 5.78. The third-order valence-electron chi connectivity index (χ3n) is 3.91. The SMILES string of the molecule is CCC(CC)C(=O)N(C)CCN1CCCCC1. The van der Waals surface area contributed by atoms with Gasteiger partial charge in [0.2, 0.25) is 5.91 Å². The van der Waals surface area contributed by atoms with E-state index in [0.717, 1.165) is 25.9 Å². The van der Waals surface area contributed by atoms with Gasteiger partial charge in [0, 0.05) is 26.1 Å². The maximum atomic E-state index is 12.1. The fourth-order valence-electron chi connectivity index (χ4n) is 2.53. The van der Waals surface area contributed by atoms with Crippen LogP contribution in [0.15, 0.2) is 0 Å². The van der Waals surface area contributed by atoms with Crippen LogP contribution in [0.3, 0.4) is 0 Å². The van der Waals surface area contributed by atoms with Gasteiger partial charge in [-0.3, -0.25) is 4.79 Å². The topological polar surface area (TPSA) is 23.6 Å². The molecular weight excluding hydrogens is 212 g/mol. The van der Waals surface area contributed by atoms with Crippen molar-refractivity contribution in [2.24, 2.45) is 5.92 Å². The van der Waals surface area contributed by atoms with Crippen molar-refractivity contribution in [1.29, 1.82) is 0 Å². The Kier molecular flexibility index (Phi) is 6.56. The molecule has 0 N–H and O–H groups in total. The standard InChI is InChI=1S/C14H28N2O/c1-4-13(5-2)14(17)15(3)11-12-16-9-7-6-8-10-16/h13H,4-12H2,1-3H3. The first-order valence-corrected chi connectivity index (χ1v) is 7.16. The molecule has 0 bridgehead atoms. The van der Waals surface area contributed by atoms with Crippen LogP contribution in [0, 0.1) is 5.92 Å². The average molecular weight is 240 g/mol. The van der Waals surface area contributed by atoms with E-state index in [1.807, 2.05) is 11.9 Å². The average Bonchev–Trinajstić information content (AvgIpc) is 2.38. The summed E-state index contributed by atoms with van der Waals surface area (Å²) < 4.78 is 0. The van der Waals surface area contributed by atoms with Crippen LogP contribution in [0.5, 0.6) is 0 Å². The van der Waals surface area contributed by atoms with Gasteiger partial charge in [0.05, 0.1) is 0 Å². The molecule has 1 aliphatic rings. The number of nitrogens with zero attached hydrogens (tertiary/aromatic N) is 2. The van der Waals surface area contributed by atoms with Gasteiger partial charge >= 0.3 is 0 Å². The molecule has 0 aromatic rings. The van der Waals surface area contributed by atoms with Crippen molar-refractivity contribution in [3.63, 3.8) is 0 Å². The van der Waals surface area contributed by atoms with Crippen molar-refractivity contribution in [3.05, 3.63) is 0 Å². The number of piperidine rings is 1. The fraction of sp³-hybridized carbons (Fsp3) is 0.929. The lowest BCUT2D eigenvalue weighted by Gasteiger charge is -2.29. The summed E-state index contributed by atoms with van der Waals surface area (Å²) in [7, 11) is 1.95. The first-order valence-electron chi connectivity index (χ1n) is 7.16. The van der Waals surface area contributed by atoms with E-state index in [1.165, 1.54) is 32.4 Å². The molecule has 1 heterocycles. The zero-order valence-electron chi connectivity index (χ0n) is 11.7. The van der Waals surface area contributed by atoms with Crippen LogP contribution in [0.4, 0.5) is 0 Å². The minimum absolute atomic E-state index is 0.223. The molecule has 0 atom stereocenters. The van der Waals surface area contributed by atoms with Crippen molar-refractivity contribution in [2.45, 2.75) is 46.0 Å². The molecule has 3 nitrogen and oxygen atoms in total. The van der Waals surface area contributed by atoms with Crippen LogP contribution in [0.1, 0.15) is 46.0 Å². The maximum Gasteiger partial charge on any atom is 0.225 e. The molecule has 0 aromatic carbocycles. The Morgan fingerprint density at radius 2 is 1.76 bits per heavy atom. The lowest BCUT2D eigenvalue weighted by Crippen LogP contribution is -2.40. The van der Waals surface area contributed by atoms with Gasteiger partial charge in [-0.1, -0.05) is 20.3 Å². The summed E-state index contributed by atoms with van der Waals surface area (Å²) in [6.07, 6.45) is 5.94. The highest BCUT2D eigenvalue weighted by Crippen LogP contribution is 2.12. The molecule has 1 fully saturated rings. The molecule has 0 aromatic heterocycles. The summed E-state index contributed by atoms with van der Waals surface area (Å²) in [5, 5.41) is 0. The smallest absolute Gasteiger partial charge is 0.225 e. The first-order chi connectivity index (χ1) is 8.19. The van der Waals surface area contributed by atoms with Crippen LogP contribution in [0.2, 0.25) is 0 Å². The van der Waals surface area contributed by atoms with E-state index < -0.39 is 0 Å². The zero-order chi connectivity index (χ0) is 12.7. The Morgan fingerprint density at radius 3 is 2.29 bits per heavy atom. The van der Waals surface area contributed by atoms with Gasteiger partial charge in [0.1, 0.15) is 0 Å². The molecule has 3 heteroatoms. The predicted octanol–water partition coefficient (Wildman–Crippen LogP) is 2.37. The Bertz CT molecular complexity index is 220. The molecule has 100 valence electrons. The fourth-order valence-corrected chi connectivity index (χ4v) is 2.53. The Labute approximate surface area is 106 Å². The van der Waals surface area contributed by atoms with E-state index in [2.05, 4.69) is 18.7 Å². The highest BCUT2D eigenvalue weighted by atomic mass is 16.2. The van der Waals surface area contributed by atoms with Crippen LogP contribution in [-0.2, 0) is 4.79 Å². The van der Waals surface area contributed by atoms with Crippen LogP contribution >= 0.6 is 0 Å². The van der Waals surface area contributed by atoms with Gasteiger partial charge in [-0.25, -0.2) is 0 Å². The third-order valence-corrected chi connectivity index (χ3v) is 3.91. The Morgan fingerprint density at radius 1 is 1.18 bits per heavy atom. The molecule has 0 aliphatic carbocycles. The quantitative estimate of drug-likeness (QED) is 0.711. The first kappa shape index (κ1) is 14.5. The second kappa shape index (κ2) is 7.70. The lowest BCUT2D eigenvalue weighted by molar-refractivity contribution is -0.134. The number of hydrogen-bond acceptors (Lipinski definition) is 2. The molecule has 1 rings (SSSR count). The number of amides is 1. The molecule has 0 saturated carbocycles. The van der Waals surface area contributed by atoms with Gasteiger partial charge in [-0.05, 0) is 38.8 Å². The van der Waals surface area contributed by atoms with Crippen molar-refractivity contribution < 1.29 is 4.79 Å². The van der Waals surface area contributed by atoms with Crippen LogP contribution in [-0.4, -0.2) is 48.9 Å². The van der Waals surface area contributed by atoms with E-state index in [-0.39, 0.29) is 5.92 Å². The molecule has 0 spiro atoms. The van der Waals surface area contributed by atoms with Gasteiger partial charge in [-0.15, -0.1) is 0 Å². The Hall–Kier alpha value is -0.570. The molecule has 17 heavy (non-hydrogen) atoms. The van der Waals surface area contributed by atoms with E-state index in [4.69, 9.17) is 0 Å². The van der Waals surface area contributed by atoms with Gasteiger partial charge in [0.15, 0.2) is 0 Å². The van der Waals surface area contributed by atoms with E-state index in [9.17, 15) is 4.79 Å². The van der Waals surface area contributed by atoms with Crippen molar-refractivity contribution >= 4 is 5.91 Å². The van der Waals surface area contributed by atoms with Crippen LogP contribution in [0.25, 0.3) is 0 Å². The molecule has 1 aliphatic heterocycles. The molecular formula is C14H28N2O. The van der Waals surface area contributed by atoms with E-state index in [0.29, 0.717) is 5.91 Å². The number of carbonyl (C=O) groups excluding carboxylic acids is 1.